The van der Waals surface area contributed by atoms with Crippen molar-refractivity contribution >= 4 is 0 Å². The van der Waals surface area contributed by atoms with E-state index in [4.69, 9.17) is 4.74 Å². The number of hydrogen-bond acceptors (Lipinski definition) is 3. The van der Waals surface area contributed by atoms with Gasteiger partial charge in [0, 0.05) is 11.6 Å². The van der Waals surface area contributed by atoms with Crippen LogP contribution in [0.3, 0.4) is 0 Å². The van der Waals surface area contributed by atoms with Crippen molar-refractivity contribution < 1.29 is 4.74 Å². The normalized spacial score (nSPS) is 15.8. The summed E-state index contributed by atoms with van der Waals surface area (Å²) in [6.07, 6.45) is 2.14. The predicted octanol–water partition coefficient (Wildman–Crippen LogP) is 3.34. The first-order chi connectivity index (χ1) is 10.0. The Morgan fingerprint density at radius 1 is 1.24 bits per heavy atom. The van der Waals surface area contributed by atoms with Crippen LogP contribution in [-0.4, -0.2) is 43.7 Å². The van der Waals surface area contributed by atoms with Gasteiger partial charge in [-0.15, -0.1) is 0 Å². The van der Waals surface area contributed by atoms with Crippen LogP contribution in [0.4, 0.5) is 0 Å². The minimum Gasteiger partial charge on any atom is -0.497 e. The highest BCUT2D eigenvalue weighted by molar-refractivity contribution is 5.29. The third-order valence-corrected chi connectivity index (χ3v) is 4.87. The van der Waals surface area contributed by atoms with Gasteiger partial charge in [-0.25, -0.2) is 0 Å². The van der Waals surface area contributed by atoms with Crippen molar-refractivity contribution in [2.45, 2.75) is 52.1 Å². The number of hydrogen-bond donors (Lipinski definition) is 1. The summed E-state index contributed by atoms with van der Waals surface area (Å²) in [5.74, 6) is 0.934. The zero-order valence-electron chi connectivity index (χ0n) is 14.6. The molecule has 0 spiro atoms. The van der Waals surface area contributed by atoms with Gasteiger partial charge in [-0.2, -0.15) is 0 Å². The molecule has 0 radical (unpaired) electrons. The lowest BCUT2D eigenvalue weighted by Gasteiger charge is -2.46. The molecule has 21 heavy (non-hydrogen) atoms. The Morgan fingerprint density at radius 2 is 1.90 bits per heavy atom. The molecule has 0 saturated carbocycles. The van der Waals surface area contributed by atoms with Crippen LogP contribution in [0.15, 0.2) is 24.3 Å². The SMILES string of the molecule is CCN(CC)C(C)(CC)C(Cc1cccc(OC)c1)NC. The van der Waals surface area contributed by atoms with Crippen LogP contribution < -0.4 is 10.1 Å². The van der Waals surface area contributed by atoms with Gasteiger partial charge in [-0.1, -0.05) is 32.9 Å². The number of rotatable bonds is 9. The van der Waals surface area contributed by atoms with Crippen LogP contribution in [0.2, 0.25) is 0 Å². The predicted molar refractivity (Wildman–Crippen MR) is 91.2 cm³/mol. The van der Waals surface area contributed by atoms with Crippen molar-refractivity contribution in [2.75, 3.05) is 27.2 Å². The molecule has 120 valence electrons. The van der Waals surface area contributed by atoms with Crippen molar-refractivity contribution in [3.05, 3.63) is 29.8 Å². The molecule has 0 aromatic heterocycles. The molecule has 2 unspecified atom stereocenters. The Bertz CT molecular complexity index is 417. The lowest BCUT2D eigenvalue weighted by Crippen LogP contribution is -2.59. The van der Waals surface area contributed by atoms with Crippen molar-refractivity contribution in [3.63, 3.8) is 0 Å². The molecule has 3 heteroatoms. The van der Waals surface area contributed by atoms with Gasteiger partial charge in [0.05, 0.1) is 7.11 Å². The molecular weight excluding hydrogens is 260 g/mol. The van der Waals surface area contributed by atoms with Crippen molar-refractivity contribution in [3.8, 4) is 5.75 Å². The van der Waals surface area contributed by atoms with Crippen LogP contribution in [0.5, 0.6) is 5.75 Å². The largest absolute Gasteiger partial charge is 0.497 e. The third-order valence-electron chi connectivity index (χ3n) is 4.87. The summed E-state index contributed by atoms with van der Waals surface area (Å²) in [6.45, 7) is 11.3. The minimum atomic E-state index is 0.154. The van der Waals surface area contributed by atoms with Gasteiger partial charge in [0.1, 0.15) is 5.75 Å². The fraction of sp³-hybridized carbons (Fsp3) is 0.667. The van der Waals surface area contributed by atoms with E-state index in [1.165, 1.54) is 5.56 Å². The quantitative estimate of drug-likeness (QED) is 0.755. The average molecular weight is 292 g/mol. The molecule has 2 atom stereocenters. The number of ether oxygens (including phenoxy) is 1. The molecule has 0 aliphatic carbocycles. The van der Waals surface area contributed by atoms with Crippen molar-refractivity contribution in [1.82, 2.24) is 10.2 Å². The second-order valence-electron chi connectivity index (χ2n) is 5.78. The molecule has 0 aliphatic heterocycles. The minimum absolute atomic E-state index is 0.154. The first-order valence-electron chi connectivity index (χ1n) is 8.10. The van der Waals surface area contributed by atoms with E-state index < -0.39 is 0 Å². The van der Waals surface area contributed by atoms with E-state index in [0.29, 0.717) is 6.04 Å². The summed E-state index contributed by atoms with van der Waals surface area (Å²) in [5, 5.41) is 3.55. The monoisotopic (exact) mass is 292 g/mol. The average Bonchev–Trinajstić information content (AvgIpc) is 2.53. The van der Waals surface area contributed by atoms with E-state index >= 15 is 0 Å². The number of methoxy groups -OCH3 is 1. The summed E-state index contributed by atoms with van der Waals surface area (Å²) in [6, 6.07) is 8.81. The van der Waals surface area contributed by atoms with E-state index in [0.717, 1.165) is 31.7 Å². The molecule has 3 nitrogen and oxygen atoms in total. The molecule has 0 bridgehead atoms. The van der Waals surface area contributed by atoms with Gasteiger partial charge in [0.25, 0.3) is 0 Å². The van der Waals surface area contributed by atoms with Gasteiger partial charge in [-0.3, -0.25) is 4.90 Å². The molecule has 0 fully saturated rings. The lowest BCUT2D eigenvalue weighted by molar-refractivity contribution is 0.0730. The molecule has 1 aromatic rings. The summed E-state index contributed by atoms with van der Waals surface area (Å²) in [4.78, 5) is 2.56. The van der Waals surface area contributed by atoms with E-state index in [2.05, 4.69) is 63.2 Å². The number of nitrogens with zero attached hydrogens (tertiary/aromatic N) is 1. The summed E-state index contributed by atoms with van der Waals surface area (Å²) in [7, 11) is 3.79. The Hall–Kier alpha value is -1.06. The maximum absolute atomic E-state index is 5.34. The molecule has 1 rings (SSSR count). The van der Waals surface area contributed by atoms with Crippen LogP contribution in [0.1, 0.15) is 39.7 Å². The standard InChI is InChI=1S/C18H32N2O/c1-7-18(4,20(8-2)9-3)17(19-5)14-15-11-10-12-16(13-15)21-6/h10-13,17,19H,7-9,14H2,1-6H3. The molecule has 1 N–H and O–H groups in total. The molecule has 1 aromatic carbocycles. The fourth-order valence-corrected chi connectivity index (χ4v) is 3.30. The van der Waals surface area contributed by atoms with E-state index in [1.54, 1.807) is 7.11 Å². The first kappa shape index (κ1) is 18.0. The smallest absolute Gasteiger partial charge is 0.119 e. The van der Waals surface area contributed by atoms with Gasteiger partial charge in [0.15, 0.2) is 0 Å². The summed E-state index contributed by atoms with van der Waals surface area (Å²) in [5.41, 5.74) is 1.47. The third kappa shape index (κ3) is 4.21. The zero-order valence-corrected chi connectivity index (χ0v) is 14.6. The van der Waals surface area contributed by atoms with E-state index in [1.807, 2.05) is 6.07 Å². The number of nitrogens with one attached hydrogen (secondary N) is 1. The van der Waals surface area contributed by atoms with Gasteiger partial charge in [-0.05, 0) is 57.6 Å². The summed E-state index contributed by atoms with van der Waals surface area (Å²) >= 11 is 0. The molecule has 0 heterocycles. The zero-order chi connectivity index (χ0) is 15.9. The molecule has 0 saturated heterocycles. The maximum Gasteiger partial charge on any atom is 0.119 e. The number of benzene rings is 1. The van der Waals surface area contributed by atoms with E-state index in [9.17, 15) is 0 Å². The van der Waals surface area contributed by atoms with Crippen LogP contribution in [0.25, 0.3) is 0 Å². The Balaban J connectivity index is 2.98. The second-order valence-corrected chi connectivity index (χ2v) is 5.78. The van der Waals surface area contributed by atoms with E-state index in [-0.39, 0.29) is 5.54 Å². The van der Waals surface area contributed by atoms with Crippen molar-refractivity contribution in [1.29, 1.82) is 0 Å². The summed E-state index contributed by atoms with van der Waals surface area (Å²) < 4.78 is 5.34. The van der Waals surface area contributed by atoms with Gasteiger partial charge < -0.3 is 10.1 Å². The molecule has 0 amide bonds. The topological polar surface area (TPSA) is 24.5 Å². The molecule has 0 aliphatic rings. The lowest BCUT2D eigenvalue weighted by atomic mass is 9.83. The maximum atomic E-state index is 5.34. The first-order valence-corrected chi connectivity index (χ1v) is 8.10. The van der Waals surface area contributed by atoms with Crippen molar-refractivity contribution in [2.24, 2.45) is 0 Å². The second kappa shape index (κ2) is 8.40. The number of likely N-dealkylation sites (N-methyl/N-ethyl adjacent to an activating group) is 2. The highest BCUT2D eigenvalue weighted by Crippen LogP contribution is 2.26. The highest BCUT2D eigenvalue weighted by atomic mass is 16.5. The fourth-order valence-electron chi connectivity index (χ4n) is 3.30. The Kier molecular flexibility index (Phi) is 7.20. The highest BCUT2D eigenvalue weighted by Gasteiger charge is 2.36. The van der Waals surface area contributed by atoms with Crippen LogP contribution in [-0.2, 0) is 6.42 Å². The van der Waals surface area contributed by atoms with Crippen LogP contribution in [0, 0.1) is 0 Å². The Morgan fingerprint density at radius 3 is 2.38 bits per heavy atom. The van der Waals surface area contributed by atoms with Crippen LogP contribution >= 0.6 is 0 Å². The van der Waals surface area contributed by atoms with Gasteiger partial charge in [0.2, 0.25) is 0 Å². The van der Waals surface area contributed by atoms with Gasteiger partial charge >= 0.3 is 0 Å². The Labute approximate surface area is 130 Å². The molecular formula is C18H32N2O.